The van der Waals surface area contributed by atoms with E-state index in [1.807, 2.05) is 6.92 Å². The van der Waals surface area contributed by atoms with E-state index in [0.29, 0.717) is 16.7 Å². The number of hydrogen-bond donors (Lipinski definition) is 1. The number of halogens is 1. The maximum absolute atomic E-state index is 12.1. The van der Waals surface area contributed by atoms with Crippen LogP contribution < -0.4 is 0 Å². The van der Waals surface area contributed by atoms with E-state index in [9.17, 15) is 4.79 Å². The minimum atomic E-state index is -0.213. The van der Waals surface area contributed by atoms with Crippen molar-refractivity contribution in [2.45, 2.75) is 19.9 Å². The van der Waals surface area contributed by atoms with E-state index in [4.69, 9.17) is 0 Å². The molecule has 0 saturated heterocycles. The Morgan fingerprint density at radius 1 is 1.62 bits per heavy atom. The van der Waals surface area contributed by atoms with Crippen LogP contribution in [-0.4, -0.2) is 30.7 Å². The highest BCUT2D eigenvalue weighted by Crippen LogP contribution is 2.18. The van der Waals surface area contributed by atoms with Gasteiger partial charge in [0.1, 0.15) is 12.0 Å². The lowest BCUT2D eigenvalue weighted by atomic mass is 10.2. The molecule has 16 heavy (non-hydrogen) atoms. The number of aryl methyl sites for hydroxylation is 1. The van der Waals surface area contributed by atoms with Crippen molar-refractivity contribution in [2.75, 3.05) is 0 Å². The maximum atomic E-state index is 12.1. The average Bonchev–Trinajstić information content (AvgIpc) is 2.88. The third-order valence-electron chi connectivity index (χ3n) is 2.08. The van der Waals surface area contributed by atoms with Gasteiger partial charge in [0, 0.05) is 6.54 Å². The fourth-order valence-electron chi connectivity index (χ4n) is 1.40. The number of nitrogens with one attached hydrogen (secondary N) is 1. The van der Waals surface area contributed by atoms with Gasteiger partial charge in [0.25, 0.3) is 0 Å². The van der Waals surface area contributed by atoms with Crippen LogP contribution in [0.25, 0.3) is 0 Å². The van der Waals surface area contributed by atoms with Crippen LogP contribution in [0.15, 0.2) is 17.0 Å². The molecular weight excluding hydrogens is 274 g/mol. The van der Waals surface area contributed by atoms with Crippen LogP contribution in [0.4, 0.5) is 0 Å². The minimum absolute atomic E-state index is 0.213. The zero-order valence-electron chi connectivity index (χ0n) is 8.64. The van der Waals surface area contributed by atoms with Gasteiger partial charge in [-0.3, -0.25) is 14.6 Å². The van der Waals surface area contributed by atoms with Gasteiger partial charge >= 0.3 is 0 Å². The fourth-order valence-corrected chi connectivity index (χ4v) is 1.87. The molecule has 0 aromatic carbocycles. The minimum Gasteiger partial charge on any atom is -0.283 e. The number of aromatic amines is 1. The van der Waals surface area contributed by atoms with Crippen molar-refractivity contribution in [3.63, 3.8) is 0 Å². The summed E-state index contributed by atoms with van der Waals surface area (Å²) >= 11 is 3.31. The Labute approximate surface area is 100 Å². The summed E-state index contributed by atoms with van der Waals surface area (Å²) in [5.41, 5.74) is 0.499. The van der Waals surface area contributed by atoms with Gasteiger partial charge in [0.15, 0.2) is 5.82 Å². The van der Waals surface area contributed by atoms with E-state index in [0.717, 1.165) is 6.42 Å². The molecule has 0 aliphatic heterocycles. The molecule has 2 aromatic rings. The Hall–Kier alpha value is -1.50. The first-order chi connectivity index (χ1) is 7.74. The zero-order chi connectivity index (χ0) is 11.5. The number of nitrogens with zero attached hydrogens (tertiary/aromatic N) is 4. The van der Waals surface area contributed by atoms with Crippen molar-refractivity contribution >= 4 is 21.7 Å². The van der Waals surface area contributed by atoms with Crippen LogP contribution in [-0.2, 0) is 6.54 Å². The molecule has 84 valence electrons. The highest BCUT2D eigenvalue weighted by Gasteiger charge is 2.20. The van der Waals surface area contributed by atoms with Crippen LogP contribution in [0.5, 0.6) is 0 Å². The number of carbonyl (C=O) groups is 1. The number of H-pyrrole nitrogens is 1. The molecule has 0 fully saturated rings. The highest BCUT2D eigenvalue weighted by atomic mass is 79.9. The molecule has 0 unspecified atom stereocenters. The molecule has 0 spiro atoms. The maximum Gasteiger partial charge on any atom is 0.248 e. The van der Waals surface area contributed by atoms with E-state index in [1.54, 1.807) is 10.9 Å². The predicted molar refractivity (Wildman–Crippen MR) is 60.0 cm³/mol. The summed E-state index contributed by atoms with van der Waals surface area (Å²) in [6.07, 6.45) is 3.83. The molecule has 0 radical (unpaired) electrons. The summed E-state index contributed by atoms with van der Waals surface area (Å²) in [4.78, 5) is 15.9. The average molecular weight is 284 g/mol. The summed E-state index contributed by atoms with van der Waals surface area (Å²) in [5.74, 6) is 0.00822. The molecule has 2 rings (SSSR count). The van der Waals surface area contributed by atoms with Gasteiger partial charge < -0.3 is 0 Å². The summed E-state index contributed by atoms with van der Waals surface area (Å²) in [7, 11) is 0. The van der Waals surface area contributed by atoms with E-state index in [1.165, 1.54) is 6.33 Å². The van der Waals surface area contributed by atoms with Gasteiger partial charge in [-0.25, -0.2) is 4.98 Å². The number of carbonyl (C=O) groups excluding carboxylic acids is 1. The Morgan fingerprint density at radius 2 is 2.44 bits per heavy atom. The first-order valence-corrected chi connectivity index (χ1v) is 5.64. The van der Waals surface area contributed by atoms with Crippen molar-refractivity contribution in [3.8, 4) is 0 Å². The van der Waals surface area contributed by atoms with E-state index < -0.39 is 0 Å². The molecule has 2 aromatic heterocycles. The lowest BCUT2D eigenvalue weighted by Crippen LogP contribution is -2.13. The lowest BCUT2D eigenvalue weighted by molar-refractivity contribution is 0.101. The van der Waals surface area contributed by atoms with Crippen LogP contribution in [0.1, 0.15) is 29.7 Å². The smallest absolute Gasteiger partial charge is 0.248 e. The third kappa shape index (κ3) is 1.90. The predicted octanol–water partition coefficient (Wildman–Crippen LogP) is 1.40. The Bertz CT molecular complexity index is 490. The van der Waals surface area contributed by atoms with Gasteiger partial charge in [0.2, 0.25) is 5.78 Å². The topological polar surface area (TPSA) is 76.5 Å². The molecule has 0 bridgehead atoms. The SMILES string of the molecule is CCCn1ncc(Br)c1C(=O)c1ncn[nH]1. The van der Waals surface area contributed by atoms with Crippen molar-refractivity contribution in [1.29, 1.82) is 0 Å². The molecule has 2 heterocycles. The Kier molecular flexibility index (Phi) is 3.14. The van der Waals surface area contributed by atoms with Crippen LogP contribution in [0, 0.1) is 0 Å². The monoisotopic (exact) mass is 283 g/mol. The fraction of sp³-hybridized carbons (Fsp3) is 0.333. The van der Waals surface area contributed by atoms with Gasteiger partial charge in [-0.15, -0.1) is 0 Å². The largest absolute Gasteiger partial charge is 0.283 e. The third-order valence-corrected chi connectivity index (χ3v) is 2.66. The second kappa shape index (κ2) is 4.56. The van der Waals surface area contributed by atoms with Crippen LogP contribution in [0.2, 0.25) is 0 Å². The highest BCUT2D eigenvalue weighted by molar-refractivity contribution is 9.10. The number of hydrogen-bond acceptors (Lipinski definition) is 4. The summed E-state index contributed by atoms with van der Waals surface area (Å²) in [6, 6.07) is 0. The molecule has 1 N–H and O–H groups in total. The quantitative estimate of drug-likeness (QED) is 0.861. The van der Waals surface area contributed by atoms with Crippen molar-refractivity contribution in [2.24, 2.45) is 0 Å². The normalized spacial score (nSPS) is 10.6. The second-order valence-corrected chi connectivity index (χ2v) is 4.08. The summed E-state index contributed by atoms with van der Waals surface area (Å²) < 4.78 is 2.33. The molecular formula is C9H10BrN5O. The number of ketones is 1. The molecule has 6 nitrogen and oxygen atoms in total. The molecule has 0 saturated carbocycles. The van der Waals surface area contributed by atoms with Crippen molar-refractivity contribution < 1.29 is 4.79 Å². The van der Waals surface area contributed by atoms with E-state index in [2.05, 4.69) is 36.2 Å². The number of aromatic nitrogens is 5. The van der Waals surface area contributed by atoms with Gasteiger partial charge in [-0.2, -0.15) is 10.2 Å². The molecule has 0 aliphatic rings. The summed E-state index contributed by atoms with van der Waals surface area (Å²) in [5, 5.41) is 10.3. The first kappa shape index (κ1) is 11.0. The van der Waals surface area contributed by atoms with E-state index in [-0.39, 0.29) is 11.6 Å². The lowest BCUT2D eigenvalue weighted by Gasteiger charge is -2.03. The first-order valence-electron chi connectivity index (χ1n) is 4.85. The molecule has 0 amide bonds. The Morgan fingerprint density at radius 3 is 3.06 bits per heavy atom. The molecule has 7 heteroatoms. The zero-order valence-corrected chi connectivity index (χ0v) is 10.2. The van der Waals surface area contributed by atoms with Crippen molar-refractivity contribution in [3.05, 3.63) is 28.5 Å². The van der Waals surface area contributed by atoms with Crippen LogP contribution >= 0.6 is 15.9 Å². The van der Waals surface area contributed by atoms with Crippen molar-refractivity contribution in [1.82, 2.24) is 25.0 Å². The van der Waals surface area contributed by atoms with Crippen LogP contribution in [0.3, 0.4) is 0 Å². The standard InChI is InChI=1S/C9H10BrN5O/c1-2-3-15-7(6(10)4-13-15)8(16)9-11-5-12-14-9/h4-5H,2-3H2,1H3,(H,11,12,14). The number of rotatable bonds is 4. The van der Waals surface area contributed by atoms with Gasteiger partial charge in [0.05, 0.1) is 10.7 Å². The molecule has 0 aliphatic carbocycles. The van der Waals surface area contributed by atoms with Gasteiger partial charge in [-0.1, -0.05) is 6.92 Å². The molecule has 0 atom stereocenters. The summed E-state index contributed by atoms with van der Waals surface area (Å²) in [6.45, 7) is 2.72. The Balaban J connectivity index is 2.39. The van der Waals surface area contributed by atoms with E-state index >= 15 is 0 Å². The van der Waals surface area contributed by atoms with Gasteiger partial charge in [-0.05, 0) is 22.4 Å². The second-order valence-electron chi connectivity index (χ2n) is 3.23.